The molecule has 4 nitrogen and oxygen atoms in total. The van der Waals surface area contributed by atoms with Crippen molar-refractivity contribution >= 4 is 11.6 Å². The lowest BCUT2D eigenvalue weighted by atomic mass is 9.79. The summed E-state index contributed by atoms with van der Waals surface area (Å²) in [5.41, 5.74) is 4.63. The van der Waals surface area contributed by atoms with E-state index in [0.29, 0.717) is 18.8 Å². The van der Waals surface area contributed by atoms with Crippen molar-refractivity contribution in [2.75, 3.05) is 12.3 Å². The fourth-order valence-corrected chi connectivity index (χ4v) is 2.87. The second-order valence-electron chi connectivity index (χ2n) is 5.81. The van der Waals surface area contributed by atoms with Crippen LogP contribution in [-0.2, 0) is 0 Å². The standard InChI is InChI=1S/C15H21FN2O2/c1-10-4-3-7-15(20,8-10)9-18-14(19)11-5-2-6-12(16)13(11)17/h2,5-6,10,20H,3-4,7-9,17H2,1H3,(H,18,19). The largest absolute Gasteiger partial charge is 0.396 e. The SMILES string of the molecule is CC1CCCC(O)(CNC(=O)c2cccc(F)c2N)C1. The minimum Gasteiger partial charge on any atom is -0.396 e. The van der Waals surface area contributed by atoms with E-state index in [9.17, 15) is 14.3 Å². The van der Waals surface area contributed by atoms with Gasteiger partial charge in [-0.15, -0.1) is 0 Å². The van der Waals surface area contributed by atoms with Gasteiger partial charge in [-0.2, -0.15) is 0 Å². The highest BCUT2D eigenvalue weighted by Crippen LogP contribution is 2.31. The lowest BCUT2D eigenvalue weighted by Gasteiger charge is -2.35. The van der Waals surface area contributed by atoms with E-state index in [1.807, 2.05) is 0 Å². The molecule has 110 valence electrons. The fourth-order valence-electron chi connectivity index (χ4n) is 2.87. The van der Waals surface area contributed by atoms with Crippen LogP contribution < -0.4 is 11.1 Å². The van der Waals surface area contributed by atoms with E-state index in [0.717, 1.165) is 12.8 Å². The van der Waals surface area contributed by atoms with Crippen LogP contribution in [0, 0.1) is 11.7 Å². The summed E-state index contributed by atoms with van der Waals surface area (Å²) in [5, 5.41) is 13.1. The van der Waals surface area contributed by atoms with Gasteiger partial charge in [-0.1, -0.05) is 25.8 Å². The molecule has 0 heterocycles. The monoisotopic (exact) mass is 280 g/mol. The first-order valence-corrected chi connectivity index (χ1v) is 6.96. The van der Waals surface area contributed by atoms with Crippen LogP contribution in [0.5, 0.6) is 0 Å². The third-order valence-corrected chi connectivity index (χ3v) is 3.94. The van der Waals surface area contributed by atoms with Crippen molar-refractivity contribution in [1.29, 1.82) is 0 Å². The molecule has 0 aromatic heterocycles. The van der Waals surface area contributed by atoms with Gasteiger partial charge >= 0.3 is 0 Å². The third kappa shape index (κ3) is 3.28. The minimum atomic E-state index is -0.866. The van der Waals surface area contributed by atoms with E-state index in [1.165, 1.54) is 18.2 Å². The van der Waals surface area contributed by atoms with Gasteiger partial charge in [-0.3, -0.25) is 4.79 Å². The van der Waals surface area contributed by atoms with Crippen LogP contribution in [-0.4, -0.2) is 23.2 Å². The van der Waals surface area contributed by atoms with Crippen molar-refractivity contribution in [2.45, 2.75) is 38.2 Å². The Morgan fingerprint density at radius 1 is 1.60 bits per heavy atom. The summed E-state index contributed by atoms with van der Waals surface area (Å²) in [6.45, 7) is 2.27. The highest BCUT2D eigenvalue weighted by Gasteiger charge is 2.33. The maximum Gasteiger partial charge on any atom is 0.253 e. The number of hydrogen-bond acceptors (Lipinski definition) is 3. The van der Waals surface area contributed by atoms with Crippen molar-refractivity contribution in [1.82, 2.24) is 5.32 Å². The first-order valence-electron chi connectivity index (χ1n) is 6.96. The van der Waals surface area contributed by atoms with E-state index in [4.69, 9.17) is 5.73 Å². The van der Waals surface area contributed by atoms with Crippen molar-refractivity contribution < 1.29 is 14.3 Å². The molecule has 1 aromatic carbocycles. The number of carbonyl (C=O) groups is 1. The molecule has 5 heteroatoms. The maximum atomic E-state index is 13.3. The molecule has 1 saturated carbocycles. The Labute approximate surface area is 118 Å². The molecule has 1 aliphatic carbocycles. The molecular weight excluding hydrogens is 259 g/mol. The Kier molecular flexibility index (Phi) is 4.28. The van der Waals surface area contributed by atoms with Gasteiger partial charge in [0.2, 0.25) is 0 Å². The minimum absolute atomic E-state index is 0.109. The zero-order chi connectivity index (χ0) is 14.8. The number of aliphatic hydroxyl groups is 1. The number of halogens is 1. The number of amides is 1. The zero-order valence-electron chi connectivity index (χ0n) is 11.7. The molecule has 2 unspecified atom stereocenters. The van der Waals surface area contributed by atoms with Crippen LogP contribution in [0.1, 0.15) is 43.0 Å². The molecule has 0 spiro atoms. The average molecular weight is 280 g/mol. The average Bonchev–Trinajstić information content (AvgIpc) is 2.39. The molecule has 2 rings (SSSR count). The smallest absolute Gasteiger partial charge is 0.253 e. The first kappa shape index (κ1) is 14.8. The second kappa shape index (κ2) is 5.79. The normalized spacial score (nSPS) is 26.2. The predicted octanol–water partition coefficient (Wildman–Crippen LogP) is 2.08. The molecule has 0 saturated heterocycles. The van der Waals surface area contributed by atoms with Crippen LogP contribution in [0.2, 0.25) is 0 Å². The predicted molar refractivity (Wildman–Crippen MR) is 75.7 cm³/mol. The first-order chi connectivity index (χ1) is 9.41. The molecule has 4 N–H and O–H groups in total. The Morgan fingerprint density at radius 3 is 3.05 bits per heavy atom. The topological polar surface area (TPSA) is 75.3 Å². The molecule has 1 fully saturated rings. The Bertz CT molecular complexity index is 507. The lowest BCUT2D eigenvalue weighted by molar-refractivity contribution is -0.0109. The highest BCUT2D eigenvalue weighted by atomic mass is 19.1. The van der Waals surface area contributed by atoms with Gasteiger partial charge < -0.3 is 16.2 Å². The van der Waals surface area contributed by atoms with Crippen LogP contribution >= 0.6 is 0 Å². The summed E-state index contributed by atoms with van der Waals surface area (Å²) < 4.78 is 13.3. The van der Waals surface area contributed by atoms with E-state index in [2.05, 4.69) is 12.2 Å². The Hall–Kier alpha value is -1.62. The van der Waals surface area contributed by atoms with Crippen LogP contribution in [0.15, 0.2) is 18.2 Å². The van der Waals surface area contributed by atoms with Gasteiger partial charge in [0.25, 0.3) is 5.91 Å². The summed E-state index contributed by atoms with van der Waals surface area (Å²) in [4.78, 5) is 12.0. The van der Waals surface area contributed by atoms with Gasteiger partial charge in [0.15, 0.2) is 0 Å². The van der Waals surface area contributed by atoms with E-state index in [-0.39, 0.29) is 17.8 Å². The van der Waals surface area contributed by atoms with Crippen LogP contribution in [0.25, 0.3) is 0 Å². The van der Waals surface area contributed by atoms with Gasteiger partial charge in [0.1, 0.15) is 5.82 Å². The molecule has 0 radical (unpaired) electrons. The number of hydrogen-bond donors (Lipinski definition) is 3. The lowest BCUT2D eigenvalue weighted by Crippen LogP contribution is -2.45. The molecule has 0 bridgehead atoms. The number of anilines is 1. The van der Waals surface area contributed by atoms with Crippen molar-refractivity contribution in [3.8, 4) is 0 Å². The summed E-state index contributed by atoms with van der Waals surface area (Å²) in [6.07, 6.45) is 3.41. The number of nitrogen functional groups attached to an aromatic ring is 1. The molecule has 0 aliphatic heterocycles. The van der Waals surface area contributed by atoms with E-state index in [1.54, 1.807) is 0 Å². The number of nitrogens with one attached hydrogen (secondary N) is 1. The van der Waals surface area contributed by atoms with Gasteiger partial charge in [-0.25, -0.2) is 4.39 Å². The van der Waals surface area contributed by atoms with Gasteiger partial charge in [0.05, 0.1) is 16.9 Å². The number of benzene rings is 1. The molecule has 2 atom stereocenters. The number of para-hydroxylation sites is 1. The van der Waals surface area contributed by atoms with Gasteiger partial charge in [0, 0.05) is 6.54 Å². The highest BCUT2D eigenvalue weighted by molar-refractivity contribution is 5.99. The second-order valence-corrected chi connectivity index (χ2v) is 5.81. The zero-order valence-corrected chi connectivity index (χ0v) is 11.7. The fraction of sp³-hybridized carbons (Fsp3) is 0.533. The van der Waals surface area contributed by atoms with E-state index < -0.39 is 17.3 Å². The summed E-state index contributed by atoms with van der Waals surface area (Å²) in [5.74, 6) is -0.610. The molecule has 20 heavy (non-hydrogen) atoms. The Balaban J connectivity index is 2.00. The van der Waals surface area contributed by atoms with Crippen LogP contribution in [0.4, 0.5) is 10.1 Å². The summed E-state index contributed by atoms with van der Waals surface area (Å²) in [6, 6.07) is 4.13. The summed E-state index contributed by atoms with van der Waals surface area (Å²) in [7, 11) is 0. The molecular formula is C15H21FN2O2. The number of rotatable bonds is 3. The molecule has 1 aliphatic rings. The van der Waals surface area contributed by atoms with Crippen molar-refractivity contribution in [2.24, 2.45) is 5.92 Å². The van der Waals surface area contributed by atoms with Crippen molar-refractivity contribution in [3.63, 3.8) is 0 Å². The Morgan fingerprint density at radius 2 is 2.35 bits per heavy atom. The molecule has 1 aromatic rings. The summed E-state index contributed by atoms with van der Waals surface area (Å²) >= 11 is 0. The maximum absolute atomic E-state index is 13.3. The van der Waals surface area contributed by atoms with E-state index >= 15 is 0 Å². The molecule has 1 amide bonds. The van der Waals surface area contributed by atoms with Crippen molar-refractivity contribution in [3.05, 3.63) is 29.6 Å². The van der Waals surface area contributed by atoms with Crippen LogP contribution in [0.3, 0.4) is 0 Å². The number of nitrogens with two attached hydrogens (primary N) is 1. The third-order valence-electron chi connectivity index (χ3n) is 3.94. The van der Waals surface area contributed by atoms with Gasteiger partial charge in [-0.05, 0) is 30.9 Å². The number of carbonyl (C=O) groups excluding carboxylic acids is 1. The quantitative estimate of drug-likeness (QED) is 0.742.